The van der Waals surface area contributed by atoms with Crippen LogP contribution < -0.4 is 0 Å². The SMILES string of the molecule is CCCC(CCCCCC(OCC)(OCC)OCC)CCCSO. The van der Waals surface area contributed by atoms with Crippen LogP contribution in [0.2, 0.25) is 0 Å². The van der Waals surface area contributed by atoms with E-state index in [9.17, 15) is 0 Å². The predicted octanol–water partition coefficient (Wildman–Crippen LogP) is 6.10. The molecule has 1 unspecified atom stereocenters. The number of unbranched alkanes of at least 4 members (excludes halogenated alkanes) is 2. The molecule has 0 bridgehead atoms. The summed E-state index contributed by atoms with van der Waals surface area (Å²) in [5.41, 5.74) is 0. The van der Waals surface area contributed by atoms with Gasteiger partial charge in [0.25, 0.3) is 5.97 Å². The summed E-state index contributed by atoms with van der Waals surface area (Å²) in [5, 5.41) is 0. The first-order valence-corrected chi connectivity index (χ1v) is 10.8. The maximum Gasteiger partial charge on any atom is 0.282 e. The van der Waals surface area contributed by atoms with E-state index in [1.165, 1.54) is 38.5 Å². The zero-order chi connectivity index (χ0) is 18.1. The third kappa shape index (κ3) is 11.7. The van der Waals surface area contributed by atoms with Crippen molar-refractivity contribution in [1.29, 1.82) is 0 Å². The maximum absolute atomic E-state index is 8.84. The fourth-order valence-electron chi connectivity index (χ4n) is 3.23. The van der Waals surface area contributed by atoms with Gasteiger partial charge in [0.2, 0.25) is 0 Å². The second-order valence-electron chi connectivity index (χ2n) is 6.21. The third-order valence-corrected chi connectivity index (χ3v) is 4.70. The lowest BCUT2D eigenvalue weighted by Crippen LogP contribution is -2.39. The van der Waals surface area contributed by atoms with E-state index in [4.69, 9.17) is 18.8 Å². The Labute approximate surface area is 154 Å². The predicted molar refractivity (Wildman–Crippen MR) is 103 cm³/mol. The van der Waals surface area contributed by atoms with Gasteiger partial charge >= 0.3 is 0 Å². The fraction of sp³-hybridized carbons (Fsp3) is 1.00. The van der Waals surface area contributed by atoms with Gasteiger partial charge in [0.15, 0.2) is 0 Å². The lowest BCUT2D eigenvalue weighted by Gasteiger charge is -2.32. The van der Waals surface area contributed by atoms with Gasteiger partial charge in [-0.1, -0.05) is 39.0 Å². The standard InChI is InChI=1S/C19H40O4S/c1-5-13-18(15-12-17-24-20)14-10-9-11-16-19(21-6-2,22-7-3)23-8-4/h18,20H,5-17H2,1-4H3. The Balaban J connectivity index is 4.11. The molecule has 1 atom stereocenters. The Morgan fingerprint density at radius 1 is 0.792 bits per heavy atom. The number of ether oxygens (including phenoxy) is 3. The van der Waals surface area contributed by atoms with E-state index in [-0.39, 0.29) is 0 Å². The van der Waals surface area contributed by atoms with E-state index in [1.807, 2.05) is 20.8 Å². The van der Waals surface area contributed by atoms with Gasteiger partial charge < -0.3 is 18.8 Å². The molecule has 0 saturated heterocycles. The Bertz CT molecular complexity index is 247. The van der Waals surface area contributed by atoms with Crippen LogP contribution >= 0.6 is 12.0 Å². The largest absolute Gasteiger partial charge is 0.330 e. The van der Waals surface area contributed by atoms with Crippen LogP contribution in [0.3, 0.4) is 0 Å². The molecule has 0 rings (SSSR count). The van der Waals surface area contributed by atoms with Crippen molar-refractivity contribution in [3.63, 3.8) is 0 Å². The van der Waals surface area contributed by atoms with E-state index in [0.29, 0.717) is 19.8 Å². The minimum Gasteiger partial charge on any atom is -0.330 e. The Hall–Kier alpha value is 0.190. The molecule has 0 amide bonds. The van der Waals surface area contributed by atoms with Crippen molar-refractivity contribution in [3.8, 4) is 0 Å². The van der Waals surface area contributed by atoms with Crippen molar-refractivity contribution in [2.45, 2.75) is 91.5 Å². The topological polar surface area (TPSA) is 47.9 Å². The van der Waals surface area contributed by atoms with Crippen molar-refractivity contribution in [3.05, 3.63) is 0 Å². The molecule has 146 valence electrons. The van der Waals surface area contributed by atoms with Crippen molar-refractivity contribution < 1.29 is 18.8 Å². The average Bonchev–Trinajstić information content (AvgIpc) is 2.55. The summed E-state index contributed by atoms with van der Waals surface area (Å²) in [5.74, 6) is 0.816. The first-order valence-electron chi connectivity index (χ1n) is 9.86. The molecule has 0 aromatic heterocycles. The summed E-state index contributed by atoms with van der Waals surface area (Å²) in [6.45, 7) is 9.99. The van der Waals surface area contributed by atoms with Crippen molar-refractivity contribution in [2.75, 3.05) is 25.6 Å². The second-order valence-corrected chi connectivity index (χ2v) is 6.88. The monoisotopic (exact) mass is 364 g/mol. The lowest BCUT2D eigenvalue weighted by molar-refractivity contribution is -0.380. The fourth-order valence-corrected chi connectivity index (χ4v) is 3.53. The van der Waals surface area contributed by atoms with Crippen LogP contribution in [0.1, 0.15) is 85.5 Å². The van der Waals surface area contributed by atoms with Crippen LogP contribution in [0.4, 0.5) is 0 Å². The van der Waals surface area contributed by atoms with E-state index in [1.54, 1.807) is 0 Å². The highest BCUT2D eigenvalue weighted by Gasteiger charge is 2.31. The van der Waals surface area contributed by atoms with E-state index in [0.717, 1.165) is 43.0 Å². The Morgan fingerprint density at radius 3 is 1.88 bits per heavy atom. The number of hydrogen-bond donors (Lipinski definition) is 1. The smallest absolute Gasteiger partial charge is 0.282 e. The molecular formula is C19H40O4S. The van der Waals surface area contributed by atoms with Gasteiger partial charge in [-0.05, 0) is 58.0 Å². The van der Waals surface area contributed by atoms with Crippen LogP contribution in [0, 0.1) is 5.92 Å². The Kier molecular flexibility index (Phi) is 16.8. The number of hydrogen-bond acceptors (Lipinski definition) is 5. The number of rotatable bonds is 18. The first kappa shape index (κ1) is 24.2. The molecular weight excluding hydrogens is 324 g/mol. The summed E-state index contributed by atoms with van der Waals surface area (Å²) in [6.07, 6.45) is 10.5. The normalized spacial score (nSPS) is 13.4. The summed E-state index contributed by atoms with van der Waals surface area (Å²) in [7, 11) is 0. The van der Waals surface area contributed by atoms with Crippen LogP contribution in [0.25, 0.3) is 0 Å². The molecule has 0 aromatic carbocycles. The Morgan fingerprint density at radius 2 is 1.38 bits per heavy atom. The molecule has 0 aliphatic heterocycles. The molecule has 0 fully saturated rings. The second kappa shape index (κ2) is 16.6. The van der Waals surface area contributed by atoms with Crippen LogP contribution in [0.5, 0.6) is 0 Å². The molecule has 1 N–H and O–H groups in total. The maximum atomic E-state index is 8.84. The summed E-state index contributed by atoms with van der Waals surface area (Å²) >= 11 is 0.969. The molecule has 0 saturated carbocycles. The van der Waals surface area contributed by atoms with Crippen molar-refractivity contribution in [2.24, 2.45) is 5.92 Å². The quantitative estimate of drug-likeness (QED) is 0.181. The molecule has 0 aromatic rings. The van der Waals surface area contributed by atoms with E-state index < -0.39 is 5.97 Å². The van der Waals surface area contributed by atoms with Gasteiger partial charge in [0, 0.05) is 32.0 Å². The van der Waals surface area contributed by atoms with E-state index in [2.05, 4.69) is 6.92 Å². The molecule has 0 heterocycles. The van der Waals surface area contributed by atoms with Crippen LogP contribution in [-0.4, -0.2) is 36.1 Å². The highest BCUT2D eigenvalue weighted by Crippen LogP contribution is 2.26. The van der Waals surface area contributed by atoms with Gasteiger partial charge in [-0.25, -0.2) is 0 Å². The van der Waals surface area contributed by atoms with Crippen molar-refractivity contribution in [1.82, 2.24) is 0 Å². The zero-order valence-corrected chi connectivity index (χ0v) is 17.2. The minimum atomic E-state index is -0.848. The van der Waals surface area contributed by atoms with Gasteiger partial charge in [-0.3, -0.25) is 0 Å². The van der Waals surface area contributed by atoms with Crippen LogP contribution in [-0.2, 0) is 14.2 Å². The van der Waals surface area contributed by atoms with Gasteiger partial charge in [-0.15, -0.1) is 0 Å². The van der Waals surface area contributed by atoms with E-state index >= 15 is 0 Å². The van der Waals surface area contributed by atoms with Gasteiger partial charge in [-0.2, -0.15) is 0 Å². The average molecular weight is 365 g/mol. The lowest BCUT2D eigenvalue weighted by atomic mass is 9.92. The molecule has 4 nitrogen and oxygen atoms in total. The van der Waals surface area contributed by atoms with Crippen LogP contribution in [0.15, 0.2) is 0 Å². The zero-order valence-electron chi connectivity index (χ0n) is 16.3. The highest BCUT2D eigenvalue weighted by atomic mass is 32.2. The molecule has 0 radical (unpaired) electrons. The van der Waals surface area contributed by atoms with Gasteiger partial charge in [0.1, 0.15) is 0 Å². The van der Waals surface area contributed by atoms with Crippen molar-refractivity contribution >= 4 is 12.0 Å². The molecule has 0 aliphatic rings. The summed E-state index contributed by atoms with van der Waals surface area (Å²) in [6, 6.07) is 0. The summed E-state index contributed by atoms with van der Waals surface area (Å²) < 4.78 is 26.2. The van der Waals surface area contributed by atoms with Gasteiger partial charge in [0.05, 0.1) is 0 Å². The molecule has 0 aliphatic carbocycles. The minimum absolute atomic E-state index is 0.599. The molecule has 5 heteroatoms. The molecule has 24 heavy (non-hydrogen) atoms. The highest BCUT2D eigenvalue weighted by molar-refractivity contribution is 7.93. The first-order chi connectivity index (χ1) is 11.7. The summed E-state index contributed by atoms with van der Waals surface area (Å²) in [4.78, 5) is 0. The third-order valence-electron chi connectivity index (χ3n) is 4.23. The molecule has 0 spiro atoms.